The number of hydrogen-bond donors (Lipinski definition) is 1. The maximum Gasteiger partial charge on any atom is 0.255 e. The molecule has 1 aromatic rings. The molecule has 0 bridgehead atoms. The van der Waals surface area contributed by atoms with E-state index in [4.69, 9.17) is 4.74 Å². The molecule has 0 aliphatic carbocycles. The molecule has 2 heterocycles. The van der Waals surface area contributed by atoms with E-state index in [1.807, 2.05) is 12.1 Å². The number of pyridine rings is 1. The van der Waals surface area contributed by atoms with Crippen molar-refractivity contribution in [1.82, 2.24) is 9.88 Å². The number of carbonyl (C=O) groups excluding carboxylic acids is 1. The Kier molecular flexibility index (Phi) is 4.52. The summed E-state index contributed by atoms with van der Waals surface area (Å²) in [5.74, 6) is 0.850. The van der Waals surface area contributed by atoms with E-state index in [0.717, 1.165) is 18.8 Å². The van der Waals surface area contributed by atoms with Crippen LogP contribution in [0.15, 0.2) is 18.3 Å². The van der Waals surface area contributed by atoms with Gasteiger partial charge in [-0.2, -0.15) is 0 Å². The first-order chi connectivity index (χ1) is 8.81. The van der Waals surface area contributed by atoms with Crippen molar-refractivity contribution in [3.63, 3.8) is 0 Å². The Bertz CT molecular complexity index is 386. The van der Waals surface area contributed by atoms with Gasteiger partial charge in [-0.25, -0.2) is 4.98 Å². The van der Waals surface area contributed by atoms with Crippen LogP contribution >= 0.6 is 0 Å². The lowest BCUT2D eigenvalue weighted by atomic mass is 10.2. The number of hydrogen-bond acceptors (Lipinski definition) is 4. The lowest BCUT2D eigenvalue weighted by molar-refractivity contribution is 0.0302. The van der Waals surface area contributed by atoms with Gasteiger partial charge in [-0.1, -0.05) is 6.92 Å². The van der Waals surface area contributed by atoms with E-state index in [1.165, 1.54) is 0 Å². The minimum absolute atomic E-state index is 0.0350. The van der Waals surface area contributed by atoms with Crippen LogP contribution < -0.4 is 5.32 Å². The average Bonchev–Trinajstić information content (AvgIpc) is 2.46. The number of nitrogens with one attached hydrogen (secondary N) is 1. The van der Waals surface area contributed by atoms with Crippen LogP contribution in [0.4, 0.5) is 5.82 Å². The zero-order valence-corrected chi connectivity index (χ0v) is 10.7. The second-order valence-electron chi connectivity index (χ2n) is 4.26. The van der Waals surface area contributed by atoms with Crippen LogP contribution in [0.25, 0.3) is 0 Å². The molecule has 1 saturated heterocycles. The summed E-state index contributed by atoms with van der Waals surface area (Å²) in [6, 6.07) is 3.67. The number of rotatable bonds is 4. The normalized spacial score (nSPS) is 15.5. The summed E-state index contributed by atoms with van der Waals surface area (Å²) in [6.07, 6.45) is 2.69. The molecule has 5 nitrogen and oxygen atoms in total. The maximum absolute atomic E-state index is 12.1. The van der Waals surface area contributed by atoms with Gasteiger partial charge >= 0.3 is 0 Å². The van der Waals surface area contributed by atoms with Gasteiger partial charge in [0, 0.05) is 25.8 Å². The molecule has 0 aromatic carbocycles. The van der Waals surface area contributed by atoms with E-state index in [-0.39, 0.29) is 5.91 Å². The number of nitrogens with zero attached hydrogens (tertiary/aromatic N) is 2. The fourth-order valence-electron chi connectivity index (χ4n) is 1.83. The quantitative estimate of drug-likeness (QED) is 0.875. The largest absolute Gasteiger partial charge is 0.378 e. The van der Waals surface area contributed by atoms with Crippen molar-refractivity contribution in [3.8, 4) is 0 Å². The number of ether oxygens (including phenoxy) is 1. The van der Waals surface area contributed by atoms with Crippen molar-refractivity contribution < 1.29 is 9.53 Å². The van der Waals surface area contributed by atoms with E-state index in [0.29, 0.717) is 31.9 Å². The highest BCUT2D eigenvalue weighted by Crippen LogP contribution is 2.09. The first-order valence-electron chi connectivity index (χ1n) is 6.38. The topological polar surface area (TPSA) is 54.5 Å². The highest BCUT2D eigenvalue weighted by molar-refractivity contribution is 5.94. The first-order valence-corrected chi connectivity index (χ1v) is 6.38. The van der Waals surface area contributed by atoms with Gasteiger partial charge in [0.1, 0.15) is 5.82 Å². The van der Waals surface area contributed by atoms with E-state index >= 15 is 0 Å². The number of aromatic nitrogens is 1. The van der Waals surface area contributed by atoms with Crippen LogP contribution in [0.2, 0.25) is 0 Å². The third-order valence-electron chi connectivity index (χ3n) is 2.86. The Morgan fingerprint density at radius 2 is 2.22 bits per heavy atom. The lowest BCUT2D eigenvalue weighted by Gasteiger charge is -2.26. The van der Waals surface area contributed by atoms with Gasteiger partial charge < -0.3 is 15.0 Å². The monoisotopic (exact) mass is 249 g/mol. The Morgan fingerprint density at radius 3 is 2.83 bits per heavy atom. The van der Waals surface area contributed by atoms with Crippen molar-refractivity contribution in [2.45, 2.75) is 13.3 Å². The Morgan fingerprint density at radius 1 is 1.44 bits per heavy atom. The predicted octanol–water partition coefficient (Wildman–Crippen LogP) is 1.38. The van der Waals surface area contributed by atoms with Gasteiger partial charge in [-0.15, -0.1) is 0 Å². The molecule has 0 spiro atoms. The fourth-order valence-corrected chi connectivity index (χ4v) is 1.83. The summed E-state index contributed by atoms with van der Waals surface area (Å²) in [7, 11) is 0. The summed E-state index contributed by atoms with van der Waals surface area (Å²) in [6.45, 7) is 5.56. The molecular weight excluding hydrogens is 230 g/mol. The molecule has 0 radical (unpaired) electrons. The van der Waals surface area contributed by atoms with Crippen LogP contribution in [0.3, 0.4) is 0 Å². The second kappa shape index (κ2) is 6.35. The highest BCUT2D eigenvalue weighted by Gasteiger charge is 2.18. The first kappa shape index (κ1) is 12.8. The van der Waals surface area contributed by atoms with Crippen LogP contribution in [-0.4, -0.2) is 48.6 Å². The van der Waals surface area contributed by atoms with Crippen molar-refractivity contribution in [2.24, 2.45) is 0 Å². The highest BCUT2D eigenvalue weighted by atomic mass is 16.5. The third kappa shape index (κ3) is 3.20. The van der Waals surface area contributed by atoms with Gasteiger partial charge in [-0.3, -0.25) is 4.79 Å². The summed E-state index contributed by atoms with van der Waals surface area (Å²) in [5.41, 5.74) is 0.638. The molecule has 1 fully saturated rings. The molecule has 5 heteroatoms. The number of morpholine rings is 1. The minimum atomic E-state index is 0.0350. The van der Waals surface area contributed by atoms with E-state index in [9.17, 15) is 4.79 Å². The van der Waals surface area contributed by atoms with E-state index in [2.05, 4.69) is 17.2 Å². The molecule has 2 rings (SSSR count). The standard InChI is InChI=1S/C13H19N3O2/c1-2-5-14-12-4-3-11(10-15-12)13(17)16-6-8-18-9-7-16/h3-4,10H,2,5-9H2,1H3,(H,14,15). The summed E-state index contributed by atoms with van der Waals surface area (Å²) in [5, 5.41) is 3.18. The predicted molar refractivity (Wildman–Crippen MR) is 69.7 cm³/mol. The van der Waals surface area contributed by atoms with Crippen LogP contribution in [-0.2, 0) is 4.74 Å². The van der Waals surface area contributed by atoms with Gasteiger partial charge in [0.05, 0.1) is 18.8 Å². The summed E-state index contributed by atoms with van der Waals surface area (Å²) >= 11 is 0. The molecule has 0 unspecified atom stereocenters. The summed E-state index contributed by atoms with van der Waals surface area (Å²) < 4.78 is 5.23. The lowest BCUT2D eigenvalue weighted by Crippen LogP contribution is -2.40. The second-order valence-corrected chi connectivity index (χ2v) is 4.26. The van der Waals surface area contributed by atoms with Crippen molar-refractivity contribution >= 4 is 11.7 Å². The van der Waals surface area contributed by atoms with Crippen molar-refractivity contribution in [3.05, 3.63) is 23.9 Å². The van der Waals surface area contributed by atoms with Crippen molar-refractivity contribution in [2.75, 3.05) is 38.2 Å². The molecule has 0 atom stereocenters. The number of carbonyl (C=O) groups is 1. The molecule has 1 aliphatic heterocycles. The molecule has 0 saturated carbocycles. The van der Waals surface area contributed by atoms with Crippen LogP contribution in [0.1, 0.15) is 23.7 Å². The fraction of sp³-hybridized carbons (Fsp3) is 0.538. The van der Waals surface area contributed by atoms with E-state index in [1.54, 1.807) is 11.1 Å². The van der Waals surface area contributed by atoms with Gasteiger partial charge in [-0.05, 0) is 18.6 Å². The average molecular weight is 249 g/mol. The molecular formula is C13H19N3O2. The Labute approximate surface area is 107 Å². The zero-order valence-electron chi connectivity index (χ0n) is 10.7. The third-order valence-corrected chi connectivity index (χ3v) is 2.86. The van der Waals surface area contributed by atoms with Gasteiger partial charge in [0.2, 0.25) is 0 Å². The molecule has 1 aliphatic rings. The SMILES string of the molecule is CCCNc1ccc(C(=O)N2CCOCC2)cn1. The van der Waals surface area contributed by atoms with Crippen molar-refractivity contribution in [1.29, 1.82) is 0 Å². The summed E-state index contributed by atoms with van der Waals surface area (Å²) in [4.78, 5) is 18.2. The molecule has 1 N–H and O–H groups in total. The zero-order chi connectivity index (χ0) is 12.8. The maximum atomic E-state index is 12.1. The minimum Gasteiger partial charge on any atom is -0.378 e. The molecule has 1 aromatic heterocycles. The molecule has 98 valence electrons. The smallest absolute Gasteiger partial charge is 0.255 e. The molecule has 18 heavy (non-hydrogen) atoms. The molecule has 1 amide bonds. The van der Waals surface area contributed by atoms with E-state index < -0.39 is 0 Å². The van der Waals surface area contributed by atoms with Gasteiger partial charge in [0.15, 0.2) is 0 Å². The van der Waals surface area contributed by atoms with Crippen LogP contribution in [0.5, 0.6) is 0 Å². The Hall–Kier alpha value is -1.62. The van der Waals surface area contributed by atoms with Gasteiger partial charge in [0.25, 0.3) is 5.91 Å². The Balaban J connectivity index is 1.97. The van der Waals surface area contributed by atoms with Crippen LogP contribution in [0, 0.1) is 0 Å². The number of anilines is 1. The number of amides is 1.